The monoisotopic (exact) mass is 486 g/mol. The lowest BCUT2D eigenvalue weighted by Crippen LogP contribution is -2.56. The molecule has 0 spiro atoms. The first-order valence-electron chi connectivity index (χ1n) is 11.6. The van der Waals surface area contributed by atoms with Crippen molar-refractivity contribution in [2.75, 3.05) is 13.1 Å². The Morgan fingerprint density at radius 3 is 2.00 bits per heavy atom. The third-order valence-corrected chi connectivity index (χ3v) is 5.45. The first kappa shape index (κ1) is 31.1. The molecule has 0 heterocycles. The van der Waals surface area contributed by atoms with Crippen molar-refractivity contribution in [1.29, 1.82) is 0 Å². The molecule has 12 N–H and O–H groups in total. The number of hydrogen-bond acceptors (Lipinski definition) is 7. The number of aliphatic imine (C=N–C) groups is 1. The Kier molecular flexibility index (Phi) is 15.2. The molecule has 0 saturated heterocycles. The molecule has 0 aliphatic heterocycles. The number of hydrogen-bond donors (Lipinski definition) is 8. The number of nitrogens with one attached hydrogen (secondary N) is 3. The van der Waals surface area contributed by atoms with E-state index in [1.165, 1.54) is 6.92 Å². The van der Waals surface area contributed by atoms with Crippen molar-refractivity contribution in [2.24, 2.45) is 33.8 Å². The highest BCUT2D eigenvalue weighted by Crippen LogP contribution is 2.07. The van der Waals surface area contributed by atoms with Gasteiger partial charge in [-0.1, -0.05) is 20.3 Å². The summed E-state index contributed by atoms with van der Waals surface area (Å²) in [6, 6.07) is -3.89. The Morgan fingerprint density at radius 2 is 1.47 bits per heavy atom. The van der Waals surface area contributed by atoms with Gasteiger partial charge in [0.05, 0.1) is 6.04 Å². The minimum absolute atomic E-state index is 0.0648. The molecule has 34 heavy (non-hydrogen) atoms. The van der Waals surface area contributed by atoms with Gasteiger partial charge in [0.25, 0.3) is 0 Å². The van der Waals surface area contributed by atoms with Crippen molar-refractivity contribution in [3.05, 3.63) is 0 Å². The maximum absolute atomic E-state index is 12.8. The summed E-state index contributed by atoms with van der Waals surface area (Å²) < 4.78 is 0. The molecule has 0 aliphatic rings. The summed E-state index contributed by atoms with van der Waals surface area (Å²) in [4.78, 5) is 53.1. The number of carboxylic acids is 1. The van der Waals surface area contributed by atoms with Crippen LogP contribution in [0.15, 0.2) is 4.99 Å². The van der Waals surface area contributed by atoms with E-state index >= 15 is 0 Å². The Morgan fingerprint density at radius 1 is 0.882 bits per heavy atom. The van der Waals surface area contributed by atoms with Gasteiger partial charge in [-0.05, 0) is 51.5 Å². The van der Waals surface area contributed by atoms with Crippen LogP contribution in [0.4, 0.5) is 0 Å². The standard InChI is InChI=1S/C21H42N8O5/c1-4-12(2)16(23)19(32)27-13(3)17(30)28-14(8-5-6-10-22)18(31)29-15(20(33)34)9-7-11-26-21(24)25/h12-16H,4-11,22-23H2,1-3H3,(H,27,32)(H,28,30)(H,29,31)(H,33,34)(H4,24,25,26)/t12-,13-,14-,15-,16-/m0/s1. The van der Waals surface area contributed by atoms with Gasteiger partial charge in [0, 0.05) is 6.54 Å². The van der Waals surface area contributed by atoms with Crippen molar-refractivity contribution in [2.45, 2.75) is 83.5 Å². The summed E-state index contributed by atoms with van der Waals surface area (Å²) >= 11 is 0. The van der Waals surface area contributed by atoms with Crippen molar-refractivity contribution in [1.82, 2.24) is 16.0 Å². The van der Waals surface area contributed by atoms with Gasteiger partial charge in [-0.3, -0.25) is 19.4 Å². The number of guanidine groups is 1. The van der Waals surface area contributed by atoms with Crippen molar-refractivity contribution in [3.8, 4) is 0 Å². The van der Waals surface area contributed by atoms with Crippen molar-refractivity contribution < 1.29 is 24.3 Å². The second kappa shape index (κ2) is 16.6. The van der Waals surface area contributed by atoms with E-state index in [0.717, 1.165) is 0 Å². The SMILES string of the molecule is CC[C@H](C)[C@H](N)C(=O)N[C@@H](C)C(=O)N[C@@H](CCCCN)C(=O)N[C@@H](CCCN=C(N)N)C(=O)O. The van der Waals surface area contributed by atoms with Gasteiger partial charge >= 0.3 is 5.97 Å². The predicted molar refractivity (Wildman–Crippen MR) is 129 cm³/mol. The van der Waals surface area contributed by atoms with E-state index in [0.29, 0.717) is 32.2 Å². The Hall–Kier alpha value is -2.93. The molecule has 196 valence electrons. The fraction of sp³-hybridized carbons (Fsp3) is 0.762. The lowest BCUT2D eigenvalue weighted by atomic mass is 9.99. The molecule has 0 aromatic rings. The number of nitrogens with two attached hydrogens (primary N) is 4. The summed E-state index contributed by atoms with van der Waals surface area (Å²) in [6.07, 6.45) is 2.55. The summed E-state index contributed by atoms with van der Waals surface area (Å²) in [5.41, 5.74) is 21.9. The molecular formula is C21H42N8O5. The van der Waals surface area contributed by atoms with E-state index < -0.39 is 47.9 Å². The normalized spacial score (nSPS) is 15.2. The Labute approximate surface area is 200 Å². The Bertz CT molecular complexity index is 699. The number of unbranched alkanes of at least 4 members (excludes halogenated alkanes) is 1. The van der Waals surface area contributed by atoms with Gasteiger partial charge in [0.1, 0.15) is 18.1 Å². The number of carbonyl (C=O) groups is 4. The number of rotatable bonds is 17. The molecule has 0 radical (unpaired) electrons. The third-order valence-electron chi connectivity index (χ3n) is 5.45. The molecule has 0 saturated carbocycles. The lowest BCUT2D eigenvalue weighted by molar-refractivity contribution is -0.142. The van der Waals surface area contributed by atoms with Crippen LogP contribution in [-0.4, -0.2) is 72.0 Å². The van der Waals surface area contributed by atoms with E-state index in [-0.39, 0.29) is 31.3 Å². The molecule has 0 aliphatic carbocycles. The van der Waals surface area contributed by atoms with E-state index in [1.807, 2.05) is 13.8 Å². The zero-order chi connectivity index (χ0) is 26.3. The van der Waals surface area contributed by atoms with Gasteiger partial charge < -0.3 is 44.0 Å². The number of carbonyl (C=O) groups excluding carboxylic acids is 3. The predicted octanol–water partition coefficient (Wildman–Crippen LogP) is -1.90. The van der Waals surface area contributed by atoms with Crippen LogP contribution in [0.2, 0.25) is 0 Å². The average Bonchev–Trinajstić information content (AvgIpc) is 2.78. The molecule has 0 unspecified atom stereocenters. The van der Waals surface area contributed by atoms with Crippen molar-refractivity contribution in [3.63, 3.8) is 0 Å². The van der Waals surface area contributed by atoms with E-state index in [1.54, 1.807) is 0 Å². The van der Waals surface area contributed by atoms with E-state index in [9.17, 15) is 24.3 Å². The molecule has 0 aromatic carbocycles. The summed E-state index contributed by atoms with van der Waals surface area (Å²) in [5.74, 6) is -3.08. The molecule has 0 aromatic heterocycles. The minimum atomic E-state index is -1.22. The van der Waals surface area contributed by atoms with E-state index in [2.05, 4.69) is 20.9 Å². The second-order valence-electron chi connectivity index (χ2n) is 8.34. The molecular weight excluding hydrogens is 444 g/mol. The van der Waals surface area contributed by atoms with Crippen LogP contribution in [0.1, 0.15) is 59.3 Å². The van der Waals surface area contributed by atoms with Crippen LogP contribution < -0.4 is 38.9 Å². The fourth-order valence-electron chi connectivity index (χ4n) is 2.98. The molecule has 13 nitrogen and oxygen atoms in total. The molecule has 5 atom stereocenters. The molecule has 0 rings (SSSR count). The van der Waals surface area contributed by atoms with Crippen LogP contribution in [0.25, 0.3) is 0 Å². The highest BCUT2D eigenvalue weighted by Gasteiger charge is 2.29. The van der Waals surface area contributed by atoms with Gasteiger partial charge in [-0.25, -0.2) is 4.79 Å². The molecule has 13 heteroatoms. The van der Waals surface area contributed by atoms with Crippen LogP contribution in [0.5, 0.6) is 0 Å². The lowest BCUT2D eigenvalue weighted by Gasteiger charge is -2.24. The van der Waals surface area contributed by atoms with Gasteiger partial charge in [-0.15, -0.1) is 0 Å². The number of carboxylic acid groups (broad SMARTS) is 1. The highest BCUT2D eigenvalue weighted by molar-refractivity contribution is 5.93. The molecule has 0 bridgehead atoms. The van der Waals surface area contributed by atoms with E-state index in [4.69, 9.17) is 22.9 Å². The average molecular weight is 487 g/mol. The zero-order valence-corrected chi connectivity index (χ0v) is 20.4. The van der Waals surface area contributed by atoms with Crippen LogP contribution in [-0.2, 0) is 19.2 Å². The largest absolute Gasteiger partial charge is 0.480 e. The number of nitrogens with zero attached hydrogens (tertiary/aromatic N) is 1. The summed E-state index contributed by atoms with van der Waals surface area (Å²) in [6.45, 7) is 5.85. The van der Waals surface area contributed by atoms with Gasteiger partial charge in [0.15, 0.2) is 5.96 Å². The number of aliphatic carboxylic acids is 1. The second-order valence-corrected chi connectivity index (χ2v) is 8.34. The topological polar surface area (TPSA) is 241 Å². The Balaban J connectivity index is 5.15. The fourth-order valence-corrected chi connectivity index (χ4v) is 2.98. The summed E-state index contributed by atoms with van der Waals surface area (Å²) in [5, 5.41) is 17.1. The van der Waals surface area contributed by atoms with Crippen molar-refractivity contribution >= 4 is 29.7 Å². The van der Waals surface area contributed by atoms with Crippen LogP contribution in [0, 0.1) is 5.92 Å². The van der Waals surface area contributed by atoms with Gasteiger partial charge in [0.2, 0.25) is 17.7 Å². The summed E-state index contributed by atoms with van der Waals surface area (Å²) in [7, 11) is 0. The minimum Gasteiger partial charge on any atom is -0.480 e. The maximum Gasteiger partial charge on any atom is 0.326 e. The quantitative estimate of drug-likeness (QED) is 0.0649. The maximum atomic E-state index is 12.8. The molecule has 3 amide bonds. The first-order chi connectivity index (χ1) is 15.9. The first-order valence-corrected chi connectivity index (χ1v) is 11.6. The smallest absolute Gasteiger partial charge is 0.326 e. The zero-order valence-electron chi connectivity index (χ0n) is 20.4. The molecule has 0 fully saturated rings. The van der Waals surface area contributed by atoms with Crippen LogP contribution >= 0.6 is 0 Å². The number of amides is 3. The highest BCUT2D eigenvalue weighted by atomic mass is 16.4. The van der Waals surface area contributed by atoms with Gasteiger partial charge in [-0.2, -0.15) is 0 Å². The van der Waals surface area contributed by atoms with Crippen LogP contribution in [0.3, 0.4) is 0 Å². The third kappa shape index (κ3) is 12.3.